The van der Waals surface area contributed by atoms with Gasteiger partial charge in [0.2, 0.25) is 5.91 Å². The molecule has 2 heterocycles. The normalized spacial score (nSPS) is 16.2. The molecule has 0 radical (unpaired) electrons. The van der Waals surface area contributed by atoms with Gasteiger partial charge in [0.1, 0.15) is 22.9 Å². The Morgan fingerprint density at radius 2 is 2.03 bits per heavy atom. The molecule has 6 nitrogen and oxygen atoms in total. The molecule has 29 heavy (non-hydrogen) atoms. The van der Waals surface area contributed by atoms with E-state index >= 15 is 0 Å². The van der Waals surface area contributed by atoms with Crippen LogP contribution in [0.3, 0.4) is 0 Å². The van der Waals surface area contributed by atoms with E-state index in [-0.39, 0.29) is 11.9 Å². The van der Waals surface area contributed by atoms with Gasteiger partial charge in [-0.15, -0.1) is 0 Å². The van der Waals surface area contributed by atoms with Crippen LogP contribution in [0.5, 0.6) is 11.5 Å². The molecule has 4 rings (SSSR count). The third-order valence-electron chi connectivity index (χ3n) is 5.21. The fourth-order valence-corrected chi connectivity index (χ4v) is 4.67. The summed E-state index contributed by atoms with van der Waals surface area (Å²) in [6.07, 6.45) is 3.43. The zero-order chi connectivity index (χ0) is 20.2. The van der Waals surface area contributed by atoms with Crippen LogP contribution in [0.1, 0.15) is 24.4 Å². The van der Waals surface area contributed by atoms with Gasteiger partial charge in [0.05, 0.1) is 31.5 Å². The van der Waals surface area contributed by atoms with Crippen molar-refractivity contribution in [1.82, 2.24) is 14.9 Å². The number of rotatable bonds is 6. The van der Waals surface area contributed by atoms with Crippen molar-refractivity contribution in [1.29, 1.82) is 0 Å². The van der Waals surface area contributed by atoms with Crippen LogP contribution in [-0.4, -0.2) is 47.3 Å². The second-order valence-corrected chi connectivity index (χ2v) is 7.80. The molecule has 0 N–H and O–H groups in total. The lowest BCUT2D eigenvalue weighted by molar-refractivity contribution is -0.129. The predicted molar refractivity (Wildman–Crippen MR) is 113 cm³/mol. The average molecular weight is 410 g/mol. The minimum absolute atomic E-state index is 0.00436. The zero-order valence-electron chi connectivity index (χ0n) is 16.5. The molecule has 0 saturated carbocycles. The van der Waals surface area contributed by atoms with Crippen molar-refractivity contribution < 1.29 is 14.3 Å². The summed E-state index contributed by atoms with van der Waals surface area (Å²) in [6, 6.07) is 13.6. The molecular formula is C22H23N3O3S. The largest absolute Gasteiger partial charge is 0.497 e. The number of thioether (sulfide) groups is 1. The molecule has 0 aliphatic carbocycles. The molecule has 1 atom stereocenters. The summed E-state index contributed by atoms with van der Waals surface area (Å²) in [5, 5.41) is 1.80. The van der Waals surface area contributed by atoms with Crippen LogP contribution in [0, 0.1) is 0 Å². The van der Waals surface area contributed by atoms with Crippen molar-refractivity contribution in [3.8, 4) is 11.5 Å². The Morgan fingerprint density at radius 3 is 2.86 bits per heavy atom. The third kappa shape index (κ3) is 4.00. The van der Waals surface area contributed by atoms with Gasteiger partial charge in [-0.25, -0.2) is 9.97 Å². The van der Waals surface area contributed by atoms with Gasteiger partial charge in [-0.1, -0.05) is 30.0 Å². The van der Waals surface area contributed by atoms with Crippen LogP contribution in [0.25, 0.3) is 10.9 Å². The third-order valence-corrected chi connectivity index (χ3v) is 6.20. The summed E-state index contributed by atoms with van der Waals surface area (Å²) in [6.45, 7) is 0.745. The molecule has 3 aromatic rings. The quantitative estimate of drug-likeness (QED) is 0.451. The molecule has 0 spiro atoms. The average Bonchev–Trinajstić information content (AvgIpc) is 3.26. The summed E-state index contributed by atoms with van der Waals surface area (Å²) in [5.74, 6) is 1.99. The van der Waals surface area contributed by atoms with Gasteiger partial charge in [0, 0.05) is 17.5 Å². The van der Waals surface area contributed by atoms with Gasteiger partial charge >= 0.3 is 0 Å². The highest BCUT2D eigenvalue weighted by molar-refractivity contribution is 8.00. The fraction of sp³-hybridized carbons (Fsp3) is 0.318. The SMILES string of the molecule is COc1ccc(OC)c([C@@H]2CCCN2C(=O)CSc2ncnc3ccccc23)c1. The summed E-state index contributed by atoms with van der Waals surface area (Å²) < 4.78 is 10.9. The number of carbonyl (C=O) groups is 1. The number of nitrogens with zero attached hydrogens (tertiary/aromatic N) is 3. The van der Waals surface area contributed by atoms with Gasteiger partial charge < -0.3 is 14.4 Å². The molecule has 1 amide bonds. The Kier molecular flexibility index (Phi) is 5.85. The van der Waals surface area contributed by atoms with Crippen LogP contribution < -0.4 is 9.47 Å². The van der Waals surface area contributed by atoms with Crippen LogP contribution in [-0.2, 0) is 4.79 Å². The molecule has 0 bridgehead atoms. The van der Waals surface area contributed by atoms with Gasteiger partial charge in [-0.2, -0.15) is 0 Å². The maximum absolute atomic E-state index is 13.1. The van der Waals surface area contributed by atoms with Crippen LogP contribution in [0.4, 0.5) is 0 Å². The molecule has 1 saturated heterocycles. The van der Waals surface area contributed by atoms with Crippen LogP contribution in [0.2, 0.25) is 0 Å². The standard InChI is InChI=1S/C22H23N3O3S/c1-27-15-9-10-20(28-2)17(12-15)19-8-5-11-25(19)21(26)13-29-22-16-6-3-4-7-18(16)23-14-24-22/h3-4,6-7,9-10,12,14,19H,5,8,11,13H2,1-2H3/t19-/m0/s1. The van der Waals surface area contributed by atoms with Gasteiger partial charge in [0.15, 0.2) is 0 Å². The van der Waals surface area contributed by atoms with Crippen molar-refractivity contribution in [3.63, 3.8) is 0 Å². The Hall–Kier alpha value is -2.80. The maximum atomic E-state index is 13.1. The zero-order valence-corrected chi connectivity index (χ0v) is 17.3. The number of ether oxygens (including phenoxy) is 2. The first-order valence-corrected chi connectivity index (χ1v) is 10.5. The van der Waals surface area contributed by atoms with Crippen molar-refractivity contribution in [2.75, 3.05) is 26.5 Å². The van der Waals surface area contributed by atoms with E-state index in [4.69, 9.17) is 9.47 Å². The summed E-state index contributed by atoms with van der Waals surface area (Å²) >= 11 is 1.46. The summed E-state index contributed by atoms with van der Waals surface area (Å²) in [5.41, 5.74) is 1.88. The number of hydrogen-bond donors (Lipinski definition) is 0. The lowest BCUT2D eigenvalue weighted by Crippen LogP contribution is -2.32. The van der Waals surface area contributed by atoms with E-state index in [9.17, 15) is 4.79 Å². The molecule has 1 fully saturated rings. The van der Waals surface area contributed by atoms with E-state index in [0.29, 0.717) is 5.75 Å². The number of methoxy groups -OCH3 is 2. The van der Waals surface area contributed by atoms with Gasteiger partial charge in [-0.05, 0) is 37.1 Å². The highest BCUT2D eigenvalue weighted by Crippen LogP contribution is 2.39. The molecule has 7 heteroatoms. The minimum Gasteiger partial charge on any atom is -0.497 e. The molecule has 1 aliphatic heterocycles. The number of aromatic nitrogens is 2. The lowest BCUT2D eigenvalue weighted by Gasteiger charge is -2.26. The first-order chi connectivity index (χ1) is 14.2. The highest BCUT2D eigenvalue weighted by atomic mass is 32.2. The number of amides is 1. The maximum Gasteiger partial charge on any atom is 0.233 e. The van der Waals surface area contributed by atoms with Crippen LogP contribution >= 0.6 is 11.8 Å². The molecule has 1 aromatic heterocycles. The number of carbonyl (C=O) groups excluding carboxylic acids is 1. The number of hydrogen-bond acceptors (Lipinski definition) is 6. The van der Waals surface area contributed by atoms with Crippen molar-refractivity contribution >= 4 is 28.6 Å². The Bertz CT molecular complexity index is 1020. The second-order valence-electron chi connectivity index (χ2n) is 6.84. The van der Waals surface area contributed by atoms with Crippen molar-refractivity contribution in [2.45, 2.75) is 23.9 Å². The molecular weight excluding hydrogens is 386 g/mol. The van der Waals surface area contributed by atoms with E-state index in [1.54, 1.807) is 20.5 Å². The monoisotopic (exact) mass is 409 g/mol. The Labute approximate surface area is 174 Å². The first kappa shape index (κ1) is 19.5. The number of para-hydroxylation sites is 1. The second kappa shape index (κ2) is 8.69. The summed E-state index contributed by atoms with van der Waals surface area (Å²) in [4.78, 5) is 23.7. The Morgan fingerprint density at radius 1 is 1.17 bits per heavy atom. The number of likely N-dealkylation sites (tertiary alicyclic amines) is 1. The smallest absolute Gasteiger partial charge is 0.233 e. The van der Waals surface area contributed by atoms with Crippen molar-refractivity contribution in [2.24, 2.45) is 0 Å². The lowest BCUT2D eigenvalue weighted by atomic mass is 10.0. The van der Waals surface area contributed by atoms with E-state index < -0.39 is 0 Å². The van der Waals surface area contributed by atoms with E-state index in [0.717, 1.165) is 52.4 Å². The highest BCUT2D eigenvalue weighted by Gasteiger charge is 2.32. The topological polar surface area (TPSA) is 64.6 Å². The van der Waals surface area contributed by atoms with Gasteiger partial charge in [0.25, 0.3) is 0 Å². The Balaban J connectivity index is 1.53. The van der Waals surface area contributed by atoms with E-state index in [1.165, 1.54) is 11.8 Å². The van der Waals surface area contributed by atoms with Crippen molar-refractivity contribution in [3.05, 3.63) is 54.4 Å². The predicted octanol–water partition coefficient (Wildman–Crippen LogP) is 4.10. The number of fused-ring (bicyclic) bond motifs is 1. The first-order valence-electron chi connectivity index (χ1n) is 9.55. The van der Waals surface area contributed by atoms with Crippen LogP contribution in [0.15, 0.2) is 53.8 Å². The molecule has 150 valence electrons. The molecule has 2 aromatic carbocycles. The number of benzene rings is 2. The summed E-state index contributed by atoms with van der Waals surface area (Å²) in [7, 11) is 3.30. The van der Waals surface area contributed by atoms with Gasteiger partial charge in [-0.3, -0.25) is 4.79 Å². The minimum atomic E-state index is -0.00436. The molecule has 0 unspecified atom stereocenters. The van der Waals surface area contributed by atoms with E-state index in [2.05, 4.69) is 9.97 Å². The molecule has 1 aliphatic rings. The fourth-order valence-electron chi connectivity index (χ4n) is 3.80. The van der Waals surface area contributed by atoms with E-state index in [1.807, 2.05) is 47.4 Å².